The van der Waals surface area contributed by atoms with Crippen molar-refractivity contribution >= 4 is 18.3 Å². The molecule has 26 heavy (non-hydrogen) atoms. The summed E-state index contributed by atoms with van der Waals surface area (Å²) in [6.45, 7) is 3.08. The number of aromatic nitrogens is 2. The van der Waals surface area contributed by atoms with Gasteiger partial charge in [0.1, 0.15) is 0 Å². The molecular formula is C19H28ClN5O. The molecule has 0 aliphatic carbocycles. The van der Waals surface area contributed by atoms with Crippen molar-refractivity contribution in [3.8, 4) is 5.69 Å². The third-order valence-electron chi connectivity index (χ3n) is 4.72. The molecule has 1 aliphatic heterocycles. The number of hydrogen-bond donors (Lipinski definition) is 2. The normalized spacial score (nSPS) is 17.5. The number of nitrogens with two attached hydrogens (primary N) is 1. The molecule has 0 spiro atoms. The standard InChI is InChI=1S/C19H27N5O.ClH/c20-9-8-19(25)21-14-18-6-1-2-11-23(18)15-16-5-3-7-17(13-16)24-12-4-10-22-24;/h3-5,7,10,12-13,18H,1-2,6,8-9,11,14-15,20H2,(H,21,25);1H. The summed E-state index contributed by atoms with van der Waals surface area (Å²) in [5.74, 6) is 0.0497. The second kappa shape index (κ2) is 10.3. The Morgan fingerprint density at radius 2 is 2.19 bits per heavy atom. The molecule has 3 N–H and O–H groups in total. The molecule has 1 fully saturated rings. The van der Waals surface area contributed by atoms with Crippen LogP contribution in [-0.2, 0) is 11.3 Å². The molecule has 2 aromatic rings. The minimum atomic E-state index is 0. The first-order valence-corrected chi connectivity index (χ1v) is 9.06. The first-order valence-electron chi connectivity index (χ1n) is 9.06. The van der Waals surface area contributed by atoms with Gasteiger partial charge in [0, 0.05) is 44.5 Å². The van der Waals surface area contributed by atoms with Gasteiger partial charge in [-0.3, -0.25) is 9.69 Å². The second-order valence-electron chi connectivity index (χ2n) is 6.58. The van der Waals surface area contributed by atoms with E-state index >= 15 is 0 Å². The summed E-state index contributed by atoms with van der Waals surface area (Å²) < 4.78 is 1.88. The molecule has 1 amide bonds. The van der Waals surface area contributed by atoms with E-state index in [9.17, 15) is 4.79 Å². The van der Waals surface area contributed by atoms with E-state index in [0.29, 0.717) is 25.6 Å². The van der Waals surface area contributed by atoms with Gasteiger partial charge < -0.3 is 11.1 Å². The van der Waals surface area contributed by atoms with E-state index in [1.54, 1.807) is 6.20 Å². The van der Waals surface area contributed by atoms with Gasteiger partial charge in [0.15, 0.2) is 0 Å². The lowest BCUT2D eigenvalue weighted by Crippen LogP contribution is -2.46. The Morgan fingerprint density at radius 3 is 2.96 bits per heavy atom. The number of nitrogens with zero attached hydrogens (tertiary/aromatic N) is 3. The van der Waals surface area contributed by atoms with Crippen LogP contribution in [0.4, 0.5) is 0 Å². The summed E-state index contributed by atoms with van der Waals surface area (Å²) in [4.78, 5) is 14.2. The van der Waals surface area contributed by atoms with E-state index in [4.69, 9.17) is 5.73 Å². The zero-order valence-corrected chi connectivity index (χ0v) is 15.8. The smallest absolute Gasteiger partial charge is 0.221 e. The van der Waals surface area contributed by atoms with Crippen LogP contribution in [0.3, 0.4) is 0 Å². The molecule has 0 bridgehead atoms. The number of carbonyl (C=O) groups is 1. The fourth-order valence-electron chi connectivity index (χ4n) is 3.40. The van der Waals surface area contributed by atoms with E-state index in [1.165, 1.54) is 18.4 Å². The molecule has 1 unspecified atom stereocenters. The minimum absolute atomic E-state index is 0. The van der Waals surface area contributed by atoms with Gasteiger partial charge in [-0.05, 0) is 43.1 Å². The van der Waals surface area contributed by atoms with Gasteiger partial charge in [-0.1, -0.05) is 18.6 Å². The molecule has 3 rings (SSSR count). The third kappa shape index (κ3) is 5.56. The molecule has 1 aromatic carbocycles. The minimum Gasteiger partial charge on any atom is -0.354 e. The predicted octanol–water partition coefficient (Wildman–Crippen LogP) is 2.11. The summed E-state index contributed by atoms with van der Waals surface area (Å²) in [7, 11) is 0. The van der Waals surface area contributed by atoms with E-state index < -0.39 is 0 Å². The number of benzene rings is 1. The Hall–Kier alpha value is -1.89. The topological polar surface area (TPSA) is 76.2 Å². The maximum absolute atomic E-state index is 11.7. The van der Waals surface area contributed by atoms with E-state index in [0.717, 1.165) is 25.2 Å². The number of nitrogens with one attached hydrogen (secondary N) is 1. The van der Waals surface area contributed by atoms with Crippen molar-refractivity contribution in [3.05, 3.63) is 48.3 Å². The Morgan fingerprint density at radius 1 is 1.31 bits per heavy atom. The summed E-state index contributed by atoms with van der Waals surface area (Å²) in [5, 5.41) is 7.33. The molecule has 1 atom stereocenters. The largest absolute Gasteiger partial charge is 0.354 e. The summed E-state index contributed by atoms with van der Waals surface area (Å²) in [6, 6.07) is 10.8. The molecule has 1 aromatic heterocycles. The molecule has 2 heterocycles. The SMILES string of the molecule is Cl.NCCC(=O)NCC1CCCCN1Cc1cccc(-n2cccn2)c1. The maximum atomic E-state index is 11.7. The molecule has 0 radical (unpaired) electrons. The molecule has 1 aliphatic rings. The Bertz CT molecular complexity index is 676. The number of amides is 1. The van der Waals surface area contributed by atoms with E-state index in [1.807, 2.05) is 16.9 Å². The summed E-state index contributed by atoms with van der Waals surface area (Å²) >= 11 is 0. The highest BCUT2D eigenvalue weighted by Crippen LogP contribution is 2.20. The Labute approximate surface area is 161 Å². The van der Waals surface area contributed by atoms with Crippen molar-refractivity contribution in [1.29, 1.82) is 0 Å². The Balaban J connectivity index is 0.00000243. The molecule has 0 saturated carbocycles. The van der Waals surface area contributed by atoms with Crippen LogP contribution in [0.5, 0.6) is 0 Å². The lowest BCUT2D eigenvalue weighted by molar-refractivity contribution is -0.121. The average molecular weight is 378 g/mol. The number of carbonyl (C=O) groups excluding carboxylic acids is 1. The highest BCUT2D eigenvalue weighted by Gasteiger charge is 2.22. The molecular weight excluding hydrogens is 350 g/mol. The van der Waals surface area contributed by atoms with Crippen molar-refractivity contribution in [2.75, 3.05) is 19.6 Å². The third-order valence-corrected chi connectivity index (χ3v) is 4.72. The maximum Gasteiger partial charge on any atom is 0.221 e. The highest BCUT2D eigenvalue weighted by molar-refractivity contribution is 5.85. The van der Waals surface area contributed by atoms with Gasteiger partial charge in [0.2, 0.25) is 5.91 Å². The van der Waals surface area contributed by atoms with Gasteiger partial charge in [-0.25, -0.2) is 4.68 Å². The molecule has 1 saturated heterocycles. The van der Waals surface area contributed by atoms with Crippen LogP contribution in [0.2, 0.25) is 0 Å². The number of rotatable bonds is 7. The molecule has 7 heteroatoms. The fraction of sp³-hybridized carbons (Fsp3) is 0.474. The average Bonchev–Trinajstić information content (AvgIpc) is 3.16. The van der Waals surface area contributed by atoms with Gasteiger partial charge >= 0.3 is 0 Å². The first kappa shape index (κ1) is 20.4. The first-order chi connectivity index (χ1) is 12.3. The van der Waals surface area contributed by atoms with Crippen molar-refractivity contribution < 1.29 is 4.79 Å². The number of hydrogen-bond acceptors (Lipinski definition) is 4. The van der Waals surface area contributed by atoms with Crippen molar-refractivity contribution in [1.82, 2.24) is 20.0 Å². The lowest BCUT2D eigenvalue weighted by Gasteiger charge is -2.36. The van der Waals surface area contributed by atoms with Crippen molar-refractivity contribution in [3.63, 3.8) is 0 Å². The zero-order chi connectivity index (χ0) is 17.5. The second-order valence-corrected chi connectivity index (χ2v) is 6.58. The highest BCUT2D eigenvalue weighted by atomic mass is 35.5. The van der Waals surface area contributed by atoms with Gasteiger partial charge in [-0.15, -0.1) is 12.4 Å². The zero-order valence-electron chi connectivity index (χ0n) is 15.0. The molecule has 6 nitrogen and oxygen atoms in total. The predicted molar refractivity (Wildman–Crippen MR) is 106 cm³/mol. The van der Waals surface area contributed by atoms with Gasteiger partial charge in [0.05, 0.1) is 5.69 Å². The van der Waals surface area contributed by atoms with Crippen LogP contribution in [0.1, 0.15) is 31.2 Å². The van der Waals surface area contributed by atoms with Crippen molar-refractivity contribution in [2.45, 2.75) is 38.3 Å². The van der Waals surface area contributed by atoms with E-state index in [-0.39, 0.29) is 18.3 Å². The molecule has 142 valence electrons. The number of likely N-dealkylation sites (tertiary alicyclic amines) is 1. The van der Waals surface area contributed by atoms with Crippen LogP contribution < -0.4 is 11.1 Å². The van der Waals surface area contributed by atoms with Crippen LogP contribution >= 0.6 is 12.4 Å². The van der Waals surface area contributed by atoms with Crippen LogP contribution in [0.15, 0.2) is 42.7 Å². The van der Waals surface area contributed by atoms with Crippen LogP contribution in [0, 0.1) is 0 Å². The summed E-state index contributed by atoms with van der Waals surface area (Å²) in [5.41, 5.74) is 7.79. The monoisotopic (exact) mass is 377 g/mol. The summed E-state index contributed by atoms with van der Waals surface area (Å²) in [6.07, 6.45) is 7.71. The number of halogens is 1. The Kier molecular flexibility index (Phi) is 8.09. The number of piperidine rings is 1. The lowest BCUT2D eigenvalue weighted by atomic mass is 10.0. The van der Waals surface area contributed by atoms with Gasteiger partial charge in [0.25, 0.3) is 0 Å². The van der Waals surface area contributed by atoms with Crippen molar-refractivity contribution in [2.24, 2.45) is 5.73 Å². The van der Waals surface area contributed by atoms with Crippen LogP contribution in [-0.4, -0.2) is 46.3 Å². The van der Waals surface area contributed by atoms with Crippen LogP contribution in [0.25, 0.3) is 5.69 Å². The van der Waals surface area contributed by atoms with E-state index in [2.05, 4.69) is 39.6 Å². The van der Waals surface area contributed by atoms with Gasteiger partial charge in [-0.2, -0.15) is 5.10 Å². The quantitative estimate of drug-likeness (QED) is 0.774. The fourth-order valence-corrected chi connectivity index (χ4v) is 3.40.